The molecule has 1 saturated heterocycles. The highest BCUT2D eigenvalue weighted by atomic mass is 16.5. The molecule has 0 aromatic carbocycles. The van der Waals surface area contributed by atoms with Crippen molar-refractivity contribution < 1.29 is 4.74 Å². The Morgan fingerprint density at radius 1 is 1.45 bits per heavy atom. The summed E-state index contributed by atoms with van der Waals surface area (Å²) in [6, 6.07) is 0.638. The van der Waals surface area contributed by atoms with Gasteiger partial charge in [0.25, 0.3) is 0 Å². The fourth-order valence-electron chi connectivity index (χ4n) is 3.84. The molecule has 4 N–H and O–H groups in total. The molecule has 0 aromatic rings. The Morgan fingerprint density at radius 2 is 2.23 bits per heavy atom. The summed E-state index contributed by atoms with van der Waals surface area (Å²) in [7, 11) is 0. The van der Waals surface area contributed by atoms with Gasteiger partial charge in [-0.25, -0.2) is 4.99 Å². The number of rotatable bonds is 5. The zero-order valence-corrected chi connectivity index (χ0v) is 14.3. The van der Waals surface area contributed by atoms with Gasteiger partial charge < -0.3 is 16.2 Å². The number of hydrogen-bond acceptors (Lipinski definition) is 3. The van der Waals surface area contributed by atoms with Gasteiger partial charge in [0.2, 0.25) is 0 Å². The molecule has 0 bridgehead atoms. The lowest BCUT2D eigenvalue weighted by atomic mass is 9.81. The van der Waals surface area contributed by atoms with E-state index in [4.69, 9.17) is 16.2 Å². The summed E-state index contributed by atoms with van der Waals surface area (Å²) < 4.78 is 5.63. The number of guanidine groups is 1. The van der Waals surface area contributed by atoms with Crippen molar-refractivity contribution in [1.82, 2.24) is 4.90 Å². The summed E-state index contributed by atoms with van der Waals surface area (Å²) in [4.78, 5) is 7.07. The van der Waals surface area contributed by atoms with Crippen molar-refractivity contribution in [3.8, 4) is 0 Å². The molecule has 1 fully saturated rings. The van der Waals surface area contributed by atoms with Crippen LogP contribution in [0.15, 0.2) is 16.6 Å². The van der Waals surface area contributed by atoms with Crippen molar-refractivity contribution >= 4 is 5.96 Å². The number of hydrogen-bond donors (Lipinski definition) is 2. The van der Waals surface area contributed by atoms with Crippen LogP contribution in [-0.2, 0) is 4.74 Å². The second-order valence-corrected chi connectivity index (χ2v) is 6.85. The van der Waals surface area contributed by atoms with Crippen LogP contribution < -0.4 is 11.5 Å². The first-order valence-electron chi connectivity index (χ1n) is 8.59. The number of nitrogens with zero attached hydrogens (tertiary/aromatic N) is 2. The van der Waals surface area contributed by atoms with Crippen molar-refractivity contribution in [3.63, 3.8) is 0 Å². The quantitative estimate of drug-likeness (QED) is 0.461. The summed E-state index contributed by atoms with van der Waals surface area (Å²) in [6.45, 7) is 10.5. The minimum Gasteiger partial charge on any atom is -0.381 e. The van der Waals surface area contributed by atoms with Gasteiger partial charge in [-0.1, -0.05) is 18.6 Å². The largest absolute Gasteiger partial charge is 0.381 e. The molecule has 0 radical (unpaired) electrons. The van der Waals surface area contributed by atoms with Gasteiger partial charge in [0.1, 0.15) is 0 Å². The number of aliphatic imine (C=N–C) groups is 1. The Kier molecular flexibility index (Phi) is 6.26. The zero-order valence-electron chi connectivity index (χ0n) is 14.3. The molecule has 2 aliphatic rings. The average molecular weight is 308 g/mol. The van der Waals surface area contributed by atoms with Gasteiger partial charge in [0.15, 0.2) is 5.96 Å². The monoisotopic (exact) mass is 308 g/mol. The Hall–Kier alpha value is -1.07. The van der Waals surface area contributed by atoms with Crippen LogP contribution in [0.5, 0.6) is 0 Å². The van der Waals surface area contributed by atoms with Crippen molar-refractivity contribution in [1.29, 1.82) is 0 Å². The van der Waals surface area contributed by atoms with E-state index in [1.165, 1.54) is 18.4 Å². The van der Waals surface area contributed by atoms with Gasteiger partial charge in [-0.3, -0.25) is 4.90 Å². The smallest absolute Gasteiger partial charge is 0.186 e. The van der Waals surface area contributed by atoms with Crippen molar-refractivity contribution in [2.45, 2.75) is 52.1 Å². The number of piperidine rings is 1. The van der Waals surface area contributed by atoms with E-state index in [9.17, 15) is 0 Å². The molecular weight excluding hydrogens is 276 g/mol. The van der Waals surface area contributed by atoms with Gasteiger partial charge in [0.05, 0.1) is 12.6 Å². The van der Waals surface area contributed by atoms with Crippen LogP contribution in [0.25, 0.3) is 0 Å². The van der Waals surface area contributed by atoms with E-state index in [2.05, 4.69) is 36.7 Å². The Bertz CT molecular complexity index is 417. The third-order valence-corrected chi connectivity index (χ3v) is 4.98. The van der Waals surface area contributed by atoms with Crippen LogP contribution >= 0.6 is 0 Å². The standard InChI is InChI=1S/C17H32N4O/c1-4-22-11-14-6-5-7-21(10-14)16-9-12(2)8-15(13(16)3)20-17(18)19/h9,13-16H,4-8,10-11H2,1-3H3,(H4,18,19,20)/t13-,14+,15+,16-/m1/s1. The highest BCUT2D eigenvalue weighted by molar-refractivity contribution is 5.75. The SMILES string of the molecule is CCOC[C@H]1CCCN([C@@H]2C=C(C)C[C@H](N=C(N)N)[C@H]2C)C1. The predicted molar refractivity (Wildman–Crippen MR) is 91.7 cm³/mol. The first kappa shape index (κ1) is 17.3. The zero-order chi connectivity index (χ0) is 16.1. The third-order valence-electron chi connectivity index (χ3n) is 4.98. The predicted octanol–water partition coefficient (Wildman–Crippen LogP) is 1.73. The summed E-state index contributed by atoms with van der Waals surface area (Å²) in [5.74, 6) is 1.30. The van der Waals surface area contributed by atoms with Crippen LogP contribution in [0.2, 0.25) is 0 Å². The molecule has 126 valence electrons. The Balaban J connectivity index is 2.05. The normalized spacial score (nSPS) is 33.3. The van der Waals surface area contributed by atoms with Crippen LogP contribution in [0.4, 0.5) is 0 Å². The lowest BCUT2D eigenvalue weighted by Crippen LogP contribution is -2.49. The maximum absolute atomic E-state index is 5.63. The van der Waals surface area contributed by atoms with Crippen LogP contribution in [-0.4, -0.2) is 49.2 Å². The average Bonchev–Trinajstić information content (AvgIpc) is 2.48. The molecule has 1 aliphatic carbocycles. The second kappa shape index (κ2) is 7.97. The summed E-state index contributed by atoms with van der Waals surface area (Å²) in [6.07, 6.45) is 5.91. The minimum atomic E-state index is 0.201. The Morgan fingerprint density at radius 3 is 2.91 bits per heavy atom. The molecule has 0 spiro atoms. The van der Waals surface area contributed by atoms with Gasteiger partial charge >= 0.3 is 0 Å². The molecule has 5 nitrogen and oxygen atoms in total. The van der Waals surface area contributed by atoms with E-state index in [0.717, 1.165) is 32.7 Å². The fourth-order valence-corrected chi connectivity index (χ4v) is 3.84. The molecule has 5 heteroatoms. The molecule has 4 atom stereocenters. The van der Waals surface area contributed by atoms with Crippen LogP contribution in [0, 0.1) is 11.8 Å². The van der Waals surface area contributed by atoms with Crippen molar-refractivity contribution in [2.75, 3.05) is 26.3 Å². The summed E-state index contributed by atoms with van der Waals surface area (Å²) in [5, 5.41) is 0. The van der Waals surface area contributed by atoms with E-state index in [0.29, 0.717) is 17.9 Å². The molecule has 0 amide bonds. The molecule has 1 aliphatic heterocycles. The van der Waals surface area contributed by atoms with Crippen LogP contribution in [0.1, 0.15) is 40.0 Å². The van der Waals surface area contributed by atoms with Crippen LogP contribution in [0.3, 0.4) is 0 Å². The first-order chi connectivity index (χ1) is 10.5. The topological polar surface area (TPSA) is 76.9 Å². The Labute approximate surface area is 134 Å². The molecular formula is C17H32N4O. The van der Waals surface area contributed by atoms with Gasteiger partial charge in [-0.05, 0) is 51.5 Å². The molecule has 0 unspecified atom stereocenters. The highest BCUT2D eigenvalue weighted by Crippen LogP contribution is 2.32. The third kappa shape index (κ3) is 4.46. The van der Waals surface area contributed by atoms with E-state index in [1.54, 1.807) is 0 Å². The lowest BCUT2D eigenvalue weighted by Gasteiger charge is -2.43. The maximum atomic E-state index is 5.63. The molecule has 1 heterocycles. The second-order valence-electron chi connectivity index (χ2n) is 6.85. The fraction of sp³-hybridized carbons (Fsp3) is 0.824. The van der Waals surface area contributed by atoms with Gasteiger partial charge in [-0.15, -0.1) is 0 Å². The van der Waals surface area contributed by atoms with Gasteiger partial charge in [-0.2, -0.15) is 0 Å². The van der Waals surface area contributed by atoms with E-state index < -0.39 is 0 Å². The highest BCUT2D eigenvalue weighted by Gasteiger charge is 2.34. The molecule has 0 saturated carbocycles. The minimum absolute atomic E-state index is 0.201. The number of likely N-dealkylation sites (tertiary alicyclic amines) is 1. The molecule has 2 rings (SSSR count). The maximum Gasteiger partial charge on any atom is 0.186 e. The lowest BCUT2D eigenvalue weighted by molar-refractivity contribution is 0.0455. The number of ether oxygens (including phenoxy) is 1. The van der Waals surface area contributed by atoms with Crippen molar-refractivity contribution in [3.05, 3.63) is 11.6 Å². The summed E-state index contributed by atoms with van der Waals surface area (Å²) in [5.41, 5.74) is 12.6. The summed E-state index contributed by atoms with van der Waals surface area (Å²) >= 11 is 0. The molecule has 0 aromatic heterocycles. The van der Waals surface area contributed by atoms with E-state index in [1.807, 2.05) is 0 Å². The van der Waals surface area contributed by atoms with E-state index in [-0.39, 0.29) is 12.0 Å². The first-order valence-corrected chi connectivity index (χ1v) is 8.59. The van der Waals surface area contributed by atoms with Gasteiger partial charge in [0, 0.05) is 19.2 Å². The van der Waals surface area contributed by atoms with E-state index >= 15 is 0 Å². The number of nitrogens with two attached hydrogens (primary N) is 2. The molecule has 22 heavy (non-hydrogen) atoms. The van der Waals surface area contributed by atoms with Crippen molar-refractivity contribution in [2.24, 2.45) is 28.3 Å².